The fraction of sp³-hybridized carbons (Fsp3) is 0.440. The van der Waals surface area contributed by atoms with Crippen LogP contribution in [0.1, 0.15) is 54.9 Å². The molecule has 0 aliphatic heterocycles. The molecule has 11 heteroatoms. The third kappa shape index (κ3) is 9.00. The van der Waals surface area contributed by atoms with Crippen molar-refractivity contribution >= 4 is 22.9 Å². The van der Waals surface area contributed by atoms with Gasteiger partial charge in [-0.2, -0.15) is 0 Å². The van der Waals surface area contributed by atoms with Crippen LogP contribution in [0.3, 0.4) is 0 Å². The van der Waals surface area contributed by atoms with Crippen molar-refractivity contribution in [3.8, 4) is 17.2 Å². The van der Waals surface area contributed by atoms with Gasteiger partial charge in [-0.05, 0) is 85.7 Å². The fourth-order valence-electron chi connectivity index (χ4n) is 4.19. The molecule has 0 saturated heterocycles. The van der Waals surface area contributed by atoms with Crippen molar-refractivity contribution in [2.24, 2.45) is 5.92 Å². The van der Waals surface area contributed by atoms with E-state index >= 15 is 0 Å². The Morgan fingerprint density at radius 2 is 1.58 bits per heavy atom. The lowest BCUT2D eigenvalue weighted by Crippen LogP contribution is -2.25. The zero-order valence-corrected chi connectivity index (χ0v) is 20.1. The zero-order chi connectivity index (χ0) is 26.5. The van der Waals surface area contributed by atoms with Crippen molar-refractivity contribution in [1.82, 2.24) is 0 Å². The van der Waals surface area contributed by atoms with Gasteiger partial charge in [-0.3, -0.25) is 4.79 Å². The Morgan fingerprint density at radius 3 is 2.19 bits per heavy atom. The van der Waals surface area contributed by atoms with Gasteiger partial charge in [-0.15, -0.1) is 26.3 Å². The molecule has 0 amide bonds. The fourth-order valence-corrected chi connectivity index (χ4v) is 4.59. The Morgan fingerprint density at radius 1 is 0.917 bits per heavy atom. The standard InChI is InChI=1S/C25H24F6O4S/c1-15(32)22-14-19(9-10-23(22)35-25(29,30)31)33-18-7-5-16(6-8-18)12-21(36)13-17-3-2-4-20(11-17)34-24(26,27)28/h2-4,9-11,14,16,18H,5-8,12-13H2,1H3. The first kappa shape index (κ1) is 27.8. The lowest BCUT2D eigenvalue weighted by molar-refractivity contribution is -0.275. The van der Waals surface area contributed by atoms with E-state index in [9.17, 15) is 31.1 Å². The first-order chi connectivity index (χ1) is 16.8. The quantitative estimate of drug-likeness (QED) is 0.188. The minimum absolute atomic E-state index is 0.166. The minimum Gasteiger partial charge on any atom is -0.490 e. The molecule has 0 radical (unpaired) electrons. The minimum atomic E-state index is -4.91. The molecule has 0 unspecified atom stereocenters. The van der Waals surface area contributed by atoms with Crippen molar-refractivity contribution < 1.29 is 45.3 Å². The molecule has 36 heavy (non-hydrogen) atoms. The number of Topliss-reactive ketones (excluding diaryl/α,β-unsaturated/α-hetero) is 1. The molecule has 2 aromatic rings. The Bertz CT molecular complexity index is 1070. The van der Waals surface area contributed by atoms with E-state index in [2.05, 4.69) is 9.47 Å². The summed E-state index contributed by atoms with van der Waals surface area (Å²) in [6.45, 7) is 1.15. The first-order valence-corrected chi connectivity index (χ1v) is 11.6. The van der Waals surface area contributed by atoms with Gasteiger partial charge in [-0.1, -0.05) is 24.4 Å². The molecule has 0 bridgehead atoms. The van der Waals surface area contributed by atoms with Gasteiger partial charge in [0.25, 0.3) is 0 Å². The van der Waals surface area contributed by atoms with Crippen molar-refractivity contribution in [2.45, 2.75) is 64.3 Å². The number of carbonyl (C=O) groups is 1. The second kappa shape index (κ2) is 11.5. The SMILES string of the molecule is CC(=O)c1cc(OC2CCC(CC(=S)Cc3cccc(OC(F)(F)F)c3)CC2)ccc1OC(F)(F)F. The molecule has 2 aromatic carbocycles. The molecule has 1 fully saturated rings. The van der Waals surface area contributed by atoms with Gasteiger partial charge in [0.2, 0.25) is 0 Å². The molecular weight excluding hydrogens is 510 g/mol. The van der Waals surface area contributed by atoms with Crippen molar-refractivity contribution in [3.05, 3.63) is 53.6 Å². The molecule has 196 valence electrons. The van der Waals surface area contributed by atoms with E-state index in [1.807, 2.05) is 0 Å². The van der Waals surface area contributed by atoms with E-state index in [4.69, 9.17) is 17.0 Å². The van der Waals surface area contributed by atoms with Crippen LogP contribution in [0.4, 0.5) is 26.3 Å². The molecule has 0 atom stereocenters. The molecule has 0 N–H and O–H groups in total. The van der Waals surface area contributed by atoms with E-state index in [0.717, 1.165) is 30.7 Å². The number of benzene rings is 2. The Labute approximate surface area is 209 Å². The predicted octanol–water partition coefficient (Wildman–Crippen LogP) is 7.63. The van der Waals surface area contributed by atoms with Crippen LogP contribution in [0.5, 0.6) is 17.2 Å². The average molecular weight is 535 g/mol. The first-order valence-electron chi connectivity index (χ1n) is 11.2. The monoisotopic (exact) mass is 534 g/mol. The Balaban J connectivity index is 1.50. The van der Waals surface area contributed by atoms with Crippen molar-refractivity contribution in [2.75, 3.05) is 0 Å². The van der Waals surface area contributed by atoms with E-state index < -0.39 is 24.3 Å². The summed E-state index contributed by atoms with van der Waals surface area (Å²) in [5.41, 5.74) is 0.423. The van der Waals surface area contributed by atoms with Crippen LogP contribution in [0.2, 0.25) is 0 Å². The number of thiocarbonyl (C=S) groups is 1. The summed E-state index contributed by atoms with van der Waals surface area (Å²) in [6.07, 6.45) is -5.84. The zero-order valence-electron chi connectivity index (χ0n) is 19.2. The highest BCUT2D eigenvalue weighted by molar-refractivity contribution is 7.80. The van der Waals surface area contributed by atoms with Crippen LogP contribution in [0.25, 0.3) is 0 Å². The molecule has 0 heterocycles. The third-order valence-electron chi connectivity index (χ3n) is 5.70. The number of hydrogen-bond acceptors (Lipinski definition) is 5. The van der Waals surface area contributed by atoms with Gasteiger partial charge >= 0.3 is 12.7 Å². The van der Waals surface area contributed by atoms with E-state index in [1.54, 1.807) is 6.07 Å². The lowest BCUT2D eigenvalue weighted by Gasteiger charge is -2.29. The highest BCUT2D eigenvalue weighted by Gasteiger charge is 2.33. The Kier molecular flexibility index (Phi) is 8.86. The highest BCUT2D eigenvalue weighted by Crippen LogP contribution is 2.34. The van der Waals surface area contributed by atoms with Crippen molar-refractivity contribution in [1.29, 1.82) is 0 Å². The number of hydrogen-bond donors (Lipinski definition) is 0. The number of carbonyl (C=O) groups excluding carboxylic acids is 1. The summed E-state index contributed by atoms with van der Waals surface area (Å²) in [6, 6.07) is 9.40. The van der Waals surface area contributed by atoms with Gasteiger partial charge in [0, 0.05) is 6.42 Å². The van der Waals surface area contributed by atoms with Gasteiger partial charge in [0.1, 0.15) is 17.2 Å². The largest absolute Gasteiger partial charge is 0.573 e. The molecule has 0 spiro atoms. The molecule has 1 aliphatic rings. The maximum Gasteiger partial charge on any atom is 0.573 e. The number of ketones is 1. The average Bonchev–Trinajstić information content (AvgIpc) is 2.74. The van der Waals surface area contributed by atoms with Gasteiger partial charge in [0.15, 0.2) is 5.78 Å². The number of rotatable bonds is 9. The maximum atomic E-state index is 12.6. The molecule has 1 saturated carbocycles. The lowest BCUT2D eigenvalue weighted by atomic mass is 9.84. The summed E-state index contributed by atoms with van der Waals surface area (Å²) >= 11 is 5.47. The van der Waals surface area contributed by atoms with E-state index in [-0.39, 0.29) is 23.2 Å². The van der Waals surface area contributed by atoms with Gasteiger partial charge in [0.05, 0.1) is 11.7 Å². The summed E-state index contributed by atoms with van der Waals surface area (Å²) in [5, 5.41) is 0. The van der Waals surface area contributed by atoms with Gasteiger partial charge in [-0.25, -0.2) is 0 Å². The molecule has 0 aromatic heterocycles. The Hall–Kier alpha value is -2.82. The summed E-state index contributed by atoms with van der Waals surface area (Å²) in [7, 11) is 0. The second-order valence-electron chi connectivity index (χ2n) is 8.64. The van der Waals surface area contributed by atoms with E-state index in [1.165, 1.54) is 30.3 Å². The van der Waals surface area contributed by atoms with Crippen LogP contribution in [0, 0.1) is 5.92 Å². The number of ether oxygens (including phenoxy) is 3. The van der Waals surface area contributed by atoms with E-state index in [0.29, 0.717) is 37.2 Å². The molecule has 4 nitrogen and oxygen atoms in total. The second-order valence-corrected chi connectivity index (χ2v) is 9.21. The normalized spacial score (nSPS) is 18.4. The summed E-state index contributed by atoms with van der Waals surface area (Å²) < 4.78 is 88.7. The van der Waals surface area contributed by atoms with Crippen LogP contribution in [-0.4, -0.2) is 29.5 Å². The van der Waals surface area contributed by atoms with Gasteiger partial charge < -0.3 is 14.2 Å². The number of halogens is 6. The molecular formula is C25H24F6O4S. The van der Waals surface area contributed by atoms with Crippen LogP contribution in [-0.2, 0) is 6.42 Å². The smallest absolute Gasteiger partial charge is 0.490 e. The third-order valence-corrected chi connectivity index (χ3v) is 6.01. The van der Waals surface area contributed by atoms with Crippen LogP contribution < -0.4 is 14.2 Å². The predicted molar refractivity (Wildman–Crippen MR) is 124 cm³/mol. The van der Waals surface area contributed by atoms with Crippen molar-refractivity contribution in [3.63, 3.8) is 0 Å². The molecule has 1 aliphatic carbocycles. The molecule has 3 rings (SSSR count). The van der Waals surface area contributed by atoms with Crippen LogP contribution in [0.15, 0.2) is 42.5 Å². The topological polar surface area (TPSA) is 44.8 Å². The highest BCUT2D eigenvalue weighted by atomic mass is 32.1. The maximum absolute atomic E-state index is 12.6. The number of alkyl halides is 6. The summed E-state index contributed by atoms with van der Waals surface area (Å²) in [5.74, 6) is -0.856. The summed E-state index contributed by atoms with van der Waals surface area (Å²) in [4.78, 5) is 12.5. The van der Waals surface area contributed by atoms with Crippen LogP contribution >= 0.6 is 12.2 Å².